The second-order valence-corrected chi connectivity index (χ2v) is 5.23. The Bertz CT molecular complexity index is 357. The lowest BCUT2D eigenvalue weighted by atomic mass is 10.0. The molecule has 2 unspecified atom stereocenters. The van der Waals surface area contributed by atoms with E-state index in [1.54, 1.807) is 0 Å². The highest BCUT2D eigenvalue weighted by Gasteiger charge is 2.30. The molecule has 1 aliphatic heterocycles. The summed E-state index contributed by atoms with van der Waals surface area (Å²) < 4.78 is 0. The van der Waals surface area contributed by atoms with Crippen molar-refractivity contribution in [2.24, 2.45) is 0 Å². The van der Waals surface area contributed by atoms with Crippen LogP contribution in [0.5, 0.6) is 0 Å². The Morgan fingerprint density at radius 2 is 2.22 bits per heavy atom. The van der Waals surface area contributed by atoms with Crippen LogP contribution in [0.3, 0.4) is 0 Å². The van der Waals surface area contributed by atoms with Crippen molar-refractivity contribution in [3.05, 3.63) is 30.1 Å². The van der Waals surface area contributed by atoms with Gasteiger partial charge in [0, 0.05) is 44.5 Å². The maximum Gasteiger partial charge on any atom is 0.0544 e. The van der Waals surface area contributed by atoms with Crippen molar-refractivity contribution in [1.82, 2.24) is 14.8 Å². The topological polar surface area (TPSA) is 39.6 Å². The number of pyridine rings is 1. The van der Waals surface area contributed by atoms with Crippen LogP contribution in [0.15, 0.2) is 24.4 Å². The summed E-state index contributed by atoms with van der Waals surface area (Å²) >= 11 is 0. The Kier molecular flexibility index (Phi) is 4.69. The lowest BCUT2D eigenvalue weighted by Gasteiger charge is -2.44. The molecule has 4 nitrogen and oxygen atoms in total. The summed E-state index contributed by atoms with van der Waals surface area (Å²) in [4.78, 5) is 9.22. The first-order chi connectivity index (χ1) is 8.70. The van der Waals surface area contributed by atoms with E-state index in [1.807, 2.05) is 18.3 Å². The summed E-state index contributed by atoms with van der Waals surface area (Å²) in [5.41, 5.74) is 1.11. The van der Waals surface area contributed by atoms with E-state index >= 15 is 0 Å². The van der Waals surface area contributed by atoms with Crippen molar-refractivity contribution in [3.8, 4) is 0 Å². The molecule has 2 atom stereocenters. The zero-order valence-electron chi connectivity index (χ0n) is 11.3. The highest BCUT2D eigenvalue weighted by molar-refractivity contribution is 5.04. The smallest absolute Gasteiger partial charge is 0.0544 e. The van der Waals surface area contributed by atoms with Gasteiger partial charge in [0.25, 0.3) is 0 Å². The third kappa shape index (κ3) is 3.28. The van der Waals surface area contributed by atoms with Crippen molar-refractivity contribution in [3.63, 3.8) is 0 Å². The minimum Gasteiger partial charge on any atom is -0.396 e. The maximum absolute atomic E-state index is 9.21. The van der Waals surface area contributed by atoms with Crippen molar-refractivity contribution in [2.45, 2.75) is 32.0 Å². The Labute approximate surface area is 109 Å². The molecule has 1 fully saturated rings. The summed E-state index contributed by atoms with van der Waals surface area (Å²) in [6.45, 7) is 5.49. The lowest BCUT2D eigenvalue weighted by Crippen LogP contribution is -2.56. The van der Waals surface area contributed by atoms with Crippen molar-refractivity contribution in [2.75, 3.05) is 26.7 Å². The van der Waals surface area contributed by atoms with Crippen molar-refractivity contribution in [1.29, 1.82) is 0 Å². The van der Waals surface area contributed by atoms with Gasteiger partial charge in [0.1, 0.15) is 0 Å². The largest absolute Gasteiger partial charge is 0.396 e. The third-order valence-corrected chi connectivity index (χ3v) is 3.67. The summed E-state index contributed by atoms with van der Waals surface area (Å²) in [5, 5.41) is 9.21. The van der Waals surface area contributed by atoms with E-state index < -0.39 is 0 Å². The molecule has 0 bridgehead atoms. The van der Waals surface area contributed by atoms with E-state index in [0.717, 1.165) is 31.7 Å². The molecule has 18 heavy (non-hydrogen) atoms. The van der Waals surface area contributed by atoms with Gasteiger partial charge in [-0.1, -0.05) is 6.07 Å². The number of aliphatic hydroxyl groups is 1. The molecule has 0 aliphatic carbocycles. The molecule has 1 aliphatic rings. The fraction of sp³-hybridized carbons (Fsp3) is 0.643. The molecule has 0 spiro atoms. The van der Waals surface area contributed by atoms with Gasteiger partial charge in [0.15, 0.2) is 0 Å². The Balaban J connectivity index is 2.07. The predicted octanol–water partition coefficient (Wildman–Crippen LogP) is 0.968. The molecule has 100 valence electrons. The summed E-state index contributed by atoms with van der Waals surface area (Å²) in [6.07, 6.45) is 2.68. The third-order valence-electron chi connectivity index (χ3n) is 3.67. The van der Waals surface area contributed by atoms with E-state index in [0.29, 0.717) is 12.1 Å². The fourth-order valence-corrected chi connectivity index (χ4v) is 2.82. The van der Waals surface area contributed by atoms with Crippen LogP contribution in [0.1, 0.15) is 19.0 Å². The molecule has 2 rings (SSSR count). The second-order valence-electron chi connectivity index (χ2n) is 5.23. The standard InChI is InChI=1S/C14H23N3O/c1-12-9-16(2)11-14(6-8-18)17(12)10-13-5-3-4-7-15-13/h3-5,7,12,14,18H,6,8-11H2,1-2H3. The van der Waals surface area contributed by atoms with E-state index in [1.165, 1.54) is 0 Å². The normalized spacial score (nSPS) is 26.4. The number of rotatable bonds is 4. The van der Waals surface area contributed by atoms with Crippen LogP contribution >= 0.6 is 0 Å². The van der Waals surface area contributed by atoms with Gasteiger partial charge in [-0.15, -0.1) is 0 Å². The molecule has 1 aromatic heterocycles. The number of likely N-dealkylation sites (N-methyl/N-ethyl adjacent to an activating group) is 1. The Hall–Kier alpha value is -0.970. The number of hydrogen-bond acceptors (Lipinski definition) is 4. The summed E-state index contributed by atoms with van der Waals surface area (Å²) in [5.74, 6) is 0. The van der Waals surface area contributed by atoms with Crippen molar-refractivity contribution < 1.29 is 5.11 Å². The van der Waals surface area contributed by atoms with E-state index in [4.69, 9.17) is 0 Å². The monoisotopic (exact) mass is 249 g/mol. The lowest BCUT2D eigenvalue weighted by molar-refractivity contribution is 0.0241. The SMILES string of the molecule is CC1CN(C)CC(CCO)N1Cc1ccccn1. The molecule has 4 heteroatoms. The highest BCUT2D eigenvalue weighted by Crippen LogP contribution is 2.19. The molecule has 1 saturated heterocycles. The first-order valence-electron chi connectivity index (χ1n) is 6.65. The molecule has 0 amide bonds. The van der Waals surface area contributed by atoms with Gasteiger partial charge in [0.05, 0.1) is 5.69 Å². The van der Waals surface area contributed by atoms with E-state index in [-0.39, 0.29) is 6.61 Å². The molecular weight excluding hydrogens is 226 g/mol. The van der Waals surface area contributed by atoms with Crippen LogP contribution in [0, 0.1) is 0 Å². The van der Waals surface area contributed by atoms with Crippen LogP contribution in [0.4, 0.5) is 0 Å². The number of aliphatic hydroxyl groups excluding tert-OH is 1. The zero-order chi connectivity index (χ0) is 13.0. The van der Waals surface area contributed by atoms with Crippen LogP contribution in [0.2, 0.25) is 0 Å². The van der Waals surface area contributed by atoms with Gasteiger partial charge in [-0.2, -0.15) is 0 Å². The number of aromatic nitrogens is 1. The van der Waals surface area contributed by atoms with Crippen molar-refractivity contribution >= 4 is 0 Å². The van der Waals surface area contributed by atoms with Gasteiger partial charge >= 0.3 is 0 Å². The molecule has 1 aromatic rings. The first-order valence-corrected chi connectivity index (χ1v) is 6.65. The van der Waals surface area contributed by atoms with Gasteiger partial charge in [-0.25, -0.2) is 0 Å². The van der Waals surface area contributed by atoms with Crippen LogP contribution in [-0.2, 0) is 6.54 Å². The Morgan fingerprint density at radius 3 is 2.89 bits per heavy atom. The van der Waals surface area contributed by atoms with E-state index in [9.17, 15) is 5.11 Å². The minimum atomic E-state index is 0.254. The van der Waals surface area contributed by atoms with Gasteiger partial charge in [-0.3, -0.25) is 9.88 Å². The average Bonchev–Trinajstić information content (AvgIpc) is 2.35. The summed E-state index contributed by atoms with van der Waals surface area (Å²) in [7, 11) is 2.15. The first kappa shape index (κ1) is 13.5. The molecule has 0 saturated carbocycles. The highest BCUT2D eigenvalue weighted by atomic mass is 16.3. The molecule has 0 aromatic carbocycles. The second kappa shape index (κ2) is 6.27. The molecular formula is C14H23N3O. The average molecular weight is 249 g/mol. The number of hydrogen-bond donors (Lipinski definition) is 1. The van der Waals surface area contributed by atoms with Gasteiger partial charge < -0.3 is 10.0 Å². The van der Waals surface area contributed by atoms with Gasteiger partial charge in [-0.05, 0) is 32.5 Å². The number of nitrogens with zero attached hydrogens (tertiary/aromatic N) is 3. The maximum atomic E-state index is 9.21. The minimum absolute atomic E-state index is 0.254. The van der Waals surface area contributed by atoms with Crippen LogP contribution in [-0.4, -0.2) is 58.7 Å². The zero-order valence-corrected chi connectivity index (χ0v) is 11.3. The predicted molar refractivity (Wildman–Crippen MR) is 72.2 cm³/mol. The quantitative estimate of drug-likeness (QED) is 0.863. The Morgan fingerprint density at radius 1 is 1.39 bits per heavy atom. The van der Waals surface area contributed by atoms with Gasteiger partial charge in [0.2, 0.25) is 0 Å². The fourth-order valence-electron chi connectivity index (χ4n) is 2.82. The molecule has 2 heterocycles. The van der Waals surface area contributed by atoms with Crippen LogP contribution < -0.4 is 0 Å². The molecule has 1 N–H and O–H groups in total. The molecule has 0 radical (unpaired) electrons. The summed E-state index contributed by atoms with van der Waals surface area (Å²) in [6, 6.07) is 6.97. The van der Waals surface area contributed by atoms with Crippen LogP contribution in [0.25, 0.3) is 0 Å². The van der Waals surface area contributed by atoms with E-state index in [2.05, 4.69) is 34.8 Å². The number of piperazine rings is 1.